The van der Waals surface area contributed by atoms with Crippen LogP contribution in [0.4, 0.5) is 5.69 Å². The molecule has 1 aromatic rings. The van der Waals surface area contributed by atoms with E-state index in [0.29, 0.717) is 12.3 Å². The highest BCUT2D eigenvalue weighted by Gasteiger charge is 2.18. The number of hydrogen-bond acceptors (Lipinski definition) is 4. The van der Waals surface area contributed by atoms with Gasteiger partial charge >= 0.3 is 0 Å². The summed E-state index contributed by atoms with van der Waals surface area (Å²) in [6, 6.07) is 7.81. The number of benzene rings is 1. The second-order valence-electron chi connectivity index (χ2n) is 5.82. The van der Waals surface area contributed by atoms with Gasteiger partial charge in [-0.25, -0.2) is 0 Å². The van der Waals surface area contributed by atoms with Crippen molar-refractivity contribution < 1.29 is 9.53 Å². The molecule has 1 heterocycles. The van der Waals surface area contributed by atoms with Crippen molar-refractivity contribution in [2.75, 3.05) is 25.0 Å². The summed E-state index contributed by atoms with van der Waals surface area (Å²) in [7, 11) is 0. The highest BCUT2D eigenvalue weighted by atomic mass is 16.5. The highest BCUT2D eigenvalue weighted by Crippen LogP contribution is 2.24. The van der Waals surface area contributed by atoms with Crippen molar-refractivity contribution in [2.45, 2.75) is 38.8 Å². The molecule has 0 atom stereocenters. The number of nitrogens with zero attached hydrogens (tertiary/aromatic N) is 1. The van der Waals surface area contributed by atoms with Gasteiger partial charge in [-0.05, 0) is 38.8 Å². The van der Waals surface area contributed by atoms with Gasteiger partial charge < -0.3 is 15.8 Å². The largest absolute Gasteiger partial charge is 0.489 e. The van der Waals surface area contributed by atoms with E-state index in [1.807, 2.05) is 38.1 Å². The number of piperidine rings is 1. The SMILES string of the molecule is CC(C)Oc1ccccc1NC(=O)CN1CCC(N)CC1. The van der Waals surface area contributed by atoms with Gasteiger partial charge in [-0.1, -0.05) is 12.1 Å². The van der Waals surface area contributed by atoms with Crippen LogP contribution >= 0.6 is 0 Å². The number of carbonyl (C=O) groups excluding carboxylic acids is 1. The molecule has 5 nitrogen and oxygen atoms in total. The van der Waals surface area contributed by atoms with Gasteiger partial charge in [-0.3, -0.25) is 9.69 Å². The minimum atomic E-state index is -0.00900. The Kier molecular flexibility index (Phi) is 5.59. The predicted octanol–water partition coefficient (Wildman–Crippen LogP) is 1.84. The summed E-state index contributed by atoms with van der Waals surface area (Å²) in [5.41, 5.74) is 6.60. The van der Waals surface area contributed by atoms with E-state index in [0.717, 1.165) is 31.6 Å². The molecular formula is C16H25N3O2. The molecule has 1 amide bonds. The number of rotatable bonds is 5. The van der Waals surface area contributed by atoms with Crippen molar-refractivity contribution in [3.8, 4) is 5.75 Å². The van der Waals surface area contributed by atoms with Crippen LogP contribution in [0, 0.1) is 0 Å². The van der Waals surface area contributed by atoms with E-state index in [2.05, 4.69) is 10.2 Å². The zero-order chi connectivity index (χ0) is 15.2. The van der Waals surface area contributed by atoms with Gasteiger partial charge in [0.25, 0.3) is 0 Å². The van der Waals surface area contributed by atoms with Gasteiger partial charge in [-0.15, -0.1) is 0 Å². The van der Waals surface area contributed by atoms with Crippen LogP contribution in [0.15, 0.2) is 24.3 Å². The molecule has 1 aromatic carbocycles. The van der Waals surface area contributed by atoms with E-state index in [1.165, 1.54) is 0 Å². The number of carbonyl (C=O) groups is 1. The van der Waals surface area contributed by atoms with Crippen LogP contribution in [0.1, 0.15) is 26.7 Å². The van der Waals surface area contributed by atoms with Crippen LogP contribution in [0.3, 0.4) is 0 Å². The van der Waals surface area contributed by atoms with Crippen molar-refractivity contribution in [1.29, 1.82) is 0 Å². The molecule has 3 N–H and O–H groups in total. The Morgan fingerprint density at radius 2 is 2.05 bits per heavy atom. The number of ether oxygens (including phenoxy) is 1. The molecule has 0 spiro atoms. The number of likely N-dealkylation sites (tertiary alicyclic amines) is 1. The third-order valence-corrected chi connectivity index (χ3v) is 3.52. The molecule has 0 aliphatic carbocycles. The molecule has 2 rings (SSSR count). The fraction of sp³-hybridized carbons (Fsp3) is 0.562. The average molecular weight is 291 g/mol. The van der Waals surface area contributed by atoms with Gasteiger partial charge in [0, 0.05) is 19.1 Å². The Labute approximate surface area is 126 Å². The van der Waals surface area contributed by atoms with E-state index in [-0.39, 0.29) is 18.1 Å². The molecule has 21 heavy (non-hydrogen) atoms. The summed E-state index contributed by atoms with van der Waals surface area (Å²) in [5, 5.41) is 2.94. The zero-order valence-electron chi connectivity index (χ0n) is 12.8. The minimum absolute atomic E-state index is 0.00900. The smallest absolute Gasteiger partial charge is 0.238 e. The maximum atomic E-state index is 12.2. The predicted molar refractivity (Wildman–Crippen MR) is 84.5 cm³/mol. The Morgan fingerprint density at radius 3 is 2.71 bits per heavy atom. The van der Waals surface area contributed by atoms with Crippen molar-refractivity contribution in [2.24, 2.45) is 5.73 Å². The monoisotopic (exact) mass is 291 g/mol. The lowest BCUT2D eigenvalue weighted by Crippen LogP contribution is -2.43. The summed E-state index contributed by atoms with van der Waals surface area (Å²) in [6.45, 7) is 6.12. The van der Waals surface area contributed by atoms with E-state index < -0.39 is 0 Å². The van der Waals surface area contributed by atoms with Crippen LogP contribution in [-0.4, -0.2) is 42.6 Å². The molecule has 5 heteroatoms. The van der Waals surface area contributed by atoms with Gasteiger partial charge in [0.05, 0.1) is 18.3 Å². The Balaban J connectivity index is 1.90. The fourth-order valence-electron chi connectivity index (χ4n) is 2.43. The third kappa shape index (κ3) is 5.02. The van der Waals surface area contributed by atoms with Crippen LogP contribution in [0.5, 0.6) is 5.75 Å². The summed E-state index contributed by atoms with van der Waals surface area (Å²) < 4.78 is 5.71. The molecular weight excluding hydrogens is 266 g/mol. The first-order valence-corrected chi connectivity index (χ1v) is 7.58. The fourth-order valence-corrected chi connectivity index (χ4v) is 2.43. The first-order chi connectivity index (χ1) is 10.0. The standard InChI is InChI=1S/C16H25N3O2/c1-12(2)21-15-6-4-3-5-14(15)18-16(20)11-19-9-7-13(17)8-10-19/h3-6,12-13H,7-11,17H2,1-2H3,(H,18,20). The first-order valence-electron chi connectivity index (χ1n) is 7.58. The number of nitrogens with two attached hydrogens (primary N) is 1. The maximum Gasteiger partial charge on any atom is 0.238 e. The molecule has 0 radical (unpaired) electrons. The lowest BCUT2D eigenvalue weighted by atomic mass is 10.1. The van der Waals surface area contributed by atoms with E-state index in [1.54, 1.807) is 0 Å². The molecule has 1 aliphatic heterocycles. The van der Waals surface area contributed by atoms with E-state index in [9.17, 15) is 4.79 Å². The summed E-state index contributed by atoms with van der Waals surface area (Å²) in [4.78, 5) is 14.3. The maximum absolute atomic E-state index is 12.2. The Bertz CT molecular complexity index is 468. The van der Waals surface area contributed by atoms with Crippen molar-refractivity contribution in [3.05, 3.63) is 24.3 Å². The number of amides is 1. The van der Waals surface area contributed by atoms with Crippen LogP contribution in [0.25, 0.3) is 0 Å². The number of anilines is 1. The van der Waals surface area contributed by atoms with Gasteiger partial charge in [0.15, 0.2) is 0 Å². The number of hydrogen-bond donors (Lipinski definition) is 2. The van der Waals surface area contributed by atoms with Crippen molar-refractivity contribution >= 4 is 11.6 Å². The second kappa shape index (κ2) is 7.43. The van der Waals surface area contributed by atoms with Gasteiger partial charge in [0.1, 0.15) is 5.75 Å². The van der Waals surface area contributed by atoms with Crippen LogP contribution < -0.4 is 15.8 Å². The summed E-state index contributed by atoms with van der Waals surface area (Å²) in [6.07, 6.45) is 1.99. The second-order valence-corrected chi connectivity index (χ2v) is 5.82. The highest BCUT2D eigenvalue weighted by molar-refractivity contribution is 5.93. The molecule has 0 aromatic heterocycles. The normalized spacial score (nSPS) is 17.0. The van der Waals surface area contributed by atoms with E-state index in [4.69, 9.17) is 10.5 Å². The molecule has 1 saturated heterocycles. The summed E-state index contributed by atoms with van der Waals surface area (Å²) >= 11 is 0. The van der Waals surface area contributed by atoms with Gasteiger partial charge in [-0.2, -0.15) is 0 Å². The average Bonchev–Trinajstić information content (AvgIpc) is 2.43. The molecule has 0 saturated carbocycles. The molecule has 0 unspecified atom stereocenters. The summed E-state index contributed by atoms with van der Waals surface area (Å²) in [5.74, 6) is 0.701. The third-order valence-electron chi connectivity index (χ3n) is 3.52. The molecule has 116 valence electrons. The van der Waals surface area contributed by atoms with Crippen molar-refractivity contribution in [3.63, 3.8) is 0 Å². The first kappa shape index (κ1) is 15.8. The lowest BCUT2D eigenvalue weighted by molar-refractivity contribution is -0.117. The topological polar surface area (TPSA) is 67.6 Å². The van der Waals surface area contributed by atoms with E-state index >= 15 is 0 Å². The number of para-hydroxylation sites is 2. The molecule has 1 fully saturated rings. The molecule has 1 aliphatic rings. The quantitative estimate of drug-likeness (QED) is 0.868. The van der Waals surface area contributed by atoms with Crippen LogP contribution in [0.2, 0.25) is 0 Å². The minimum Gasteiger partial charge on any atom is -0.489 e. The van der Waals surface area contributed by atoms with Gasteiger partial charge in [0.2, 0.25) is 5.91 Å². The van der Waals surface area contributed by atoms with Crippen LogP contribution in [-0.2, 0) is 4.79 Å². The molecule has 0 bridgehead atoms. The lowest BCUT2D eigenvalue weighted by Gasteiger charge is -2.29. The zero-order valence-corrected chi connectivity index (χ0v) is 12.8. The number of nitrogens with one attached hydrogen (secondary N) is 1. The van der Waals surface area contributed by atoms with Crippen molar-refractivity contribution in [1.82, 2.24) is 4.90 Å². The Hall–Kier alpha value is -1.59. The Morgan fingerprint density at radius 1 is 1.38 bits per heavy atom.